The highest BCUT2D eigenvalue weighted by atomic mass is 14.9. The van der Waals surface area contributed by atoms with Gasteiger partial charge in [0.2, 0.25) is 0 Å². The number of unbranched alkanes of at least 4 members (excludes halogenated alkanes) is 6. The Hall–Kier alpha value is -0.820. The predicted molar refractivity (Wildman–Crippen MR) is 92.7 cm³/mol. The minimum atomic E-state index is 0.838. The van der Waals surface area contributed by atoms with Crippen molar-refractivity contribution in [2.75, 3.05) is 6.54 Å². The Bertz CT molecular complexity index is 340. The first-order valence-corrected chi connectivity index (χ1v) is 9.22. The molecule has 0 aliphatic carbocycles. The highest BCUT2D eigenvalue weighted by Gasteiger charge is 2.11. The fourth-order valence-electron chi connectivity index (χ4n) is 3.42. The second-order valence-corrected chi connectivity index (χ2v) is 6.65. The Balaban J connectivity index is 1.35. The standard InChI is InChI=1S/C20H33N/c1(2-4-7-13-19-14-8-6-9-15-19)3-5-10-16-20-17-11-12-18-21-20/h6,8-9,14-15,20-21H,1-5,7,10-13,16-18H2. The van der Waals surface area contributed by atoms with Gasteiger partial charge in [-0.25, -0.2) is 0 Å². The summed E-state index contributed by atoms with van der Waals surface area (Å²) in [5.74, 6) is 0. The van der Waals surface area contributed by atoms with Crippen molar-refractivity contribution in [2.24, 2.45) is 0 Å². The minimum absolute atomic E-state index is 0.838. The normalized spacial score (nSPS) is 18.8. The summed E-state index contributed by atoms with van der Waals surface area (Å²) >= 11 is 0. The molecular weight excluding hydrogens is 254 g/mol. The van der Waals surface area contributed by atoms with Gasteiger partial charge in [-0.1, -0.05) is 75.3 Å². The molecule has 1 aromatic carbocycles. The lowest BCUT2D eigenvalue weighted by Gasteiger charge is -2.23. The first-order chi connectivity index (χ1) is 10.4. The summed E-state index contributed by atoms with van der Waals surface area (Å²) in [6.07, 6.45) is 16.9. The molecule has 0 amide bonds. The molecule has 1 fully saturated rings. The van der Waals surface area contributed by atoms with Crippen LogP contribution >= 0.6 is 0 Å². The van der Waals surface area contributed by atoms with E-state index in [-0.39, 0.29) is 0 Å². The van der Waals surface area contributed by atoms with Gasteiger partial charge in [-0.2, -0.15) is 0 Å². The Kier molecular flexibility index (Phi) is 8.54. The summed E-state index contributed by atoms with van der Waals surface area (Å²) in [4.78, 5) is 0. The summed E-state index contributed by atoms with van der Waals surface area (Å²) in [5.41, 5.74) is 1.50. The van der Waals surface area contributed by atoms with Crippen LogP contribution in [0.15, 0.2) is 30.3 Å². The molecule has 1 aliphatic heterocycles. The van der Waals surface area contributed by atoms with Gasteiger partial charge in [0.05, 0.1) is 0 Å². The highest BCUT2D eigenvalue weighted by Crippen LogP contribution is 2.15. The van der Waals surface area contributed by atoms with E-state index >= 15 is 0 Å². The van der Waals surface area contributed by atoms with Gasteiger partial charge in [-0.3, -0.25) is 0 Å². The quantitative estimate of drug-likeness (QED) is 0.561. The molecule has 0 spiro atoms. The molecule has 1 aliphatic rings. The lowest BCUT2D eigenvalue weighted by atomic mass is 9.98. The molecule has 0 saturated carbocycles. The van der Waals surface area contributed by atoms with E-state index in [0.717, 1.165) is 6.04 Å². The Morgan fingerprint density at radius 3 is 2.24 bits per heavy atom. The smallest absolute Gasteiger partial charge is 0.00670 e. The molecular formula is C20H33N. The minimum Gasteiger partial charge on any atom is -0.314 e. The molecule has 1 atom stereocenters. The molecule has 1 saturated heterocycles. The number of benzene rings is 1. The molecule has 0 radical (unpaired) electrons. The van der Waals surface area contributed by atoms with Crippen LogP contribution in [0.4, 0.5) is 0 Å². The van der Waals surface area contributed by atoms with Gasteiger partial charge in [-0.15, -0.1) is 0 Å². The lowest BCUT2D eigenvalue weighted by Crippen LogP contribution is -2.33. The van der Waals surface area contributed by atoms with E-state index in [4.69, 9.17) is 0 Å². The zero-order valence-electron chi connectivity index (χ0n) is 13.7. The molecule has 1 nitrogen and oxygen atoms in total. The fraction of sp³-hybridized carbons (Fsp3) is 0.700. The van der Waals surface area contributed by atoms with Crippen LogP contribution in [0, 0.1) is 0 Å². The topological polar surface area (TPSA) is 12.0 Å². The zero-order valence-corrected chi connectivity index (χ0v) is 13.7. The number of piperidine rings is 1. The van der Waals surface area contributed by atoms with Crippen molar-refractivity contribution in [3.63, 3.8) is 0 Å². The van der Waals surface area contributed by atoms with Crippen molar-refractivity contribution in [1.82, 2.24) is 5.32 Å². The SMILES string of the molecule is c1ccc(CCCCCCCCCC2CCCCN2)cc1. The molecule has 1 N–H and O–H groups in total. The van der Waals surface area contributed by atoms with Gasteiger partial charge >= 0.3 is 0 Å². The van der Waals surface area contributed by atoms with E-state index in [9.17, 15) is 0 Å². The number of nitrogens with one attached hydrogen (secondary N) is 1. The first-order valence-electron chi connectivity index (χ1n) is 9.22. The average Bonchev–Trinajstić information content (AvgIpc) is 2.55. The lowest BCUT2D eigenvalue weighted by molar-refractivity contribution is 0.370. The summed E-state index contributed by atoms with van der Waals surface area (Å²) in [7, 11) is 0. The fourth-order valence-corrected chi connectivity index (χ4v) is 3.42. The van der Waals surface area contributed by atoms with Crippen molar-refractivity contribution >= 4 is 0 Å². The van der Waals surface area contributed by atoms with Crippen LogP contribution in [0.2, 0.25) is 0 Å². The van der Waals surface area contributed by atoms with Gasteiger partial charge in [0.1, 0.15) is 0 Å². The number of aryl methyl sites for hydroxylation is 1. The largest absolute Gasteiger partial charge is 0.314 e. The van der Waals surface area contributed by atoms with E-state index in [1.54, 1.807) is 0 Å². The van der Waals surface area contributed by atoms with Crippen molar-refractivity contribution < 1.29 is 0 Å². The maximum Gasteiger partial charge on any atom is 0.00670 e. The number of rotatable bonds is 10. The predicted octanol–water partition coefficient (Wildman–Crippen LogP) is 5.49. The molecule has 1 heteroatoms. The van der Waals surface area contributed by atoms with Gasteiger partial charge in [-0.05, 0) is 44.2 Å². The van der Waals surface area contributed by atoms with Gasteiger partial charge in [0.15, 0.2) is 0 Å². The van der Waals surface area contributed by atoms with Crippen LogP contribution in [0.5, 0.6) is 0 Å². The molecule has 0 bridgehead atoms. The van der Waals surface area contributed by atoms with Gasteiger partial charge < -0.3 is 5.32 Å². The molecule has 118 valence electrons. The third-order valence-electron chi connectivity index (χ3n) is 4.77. The van der Waals surface area contributed by atoms with Crippen LogP contribution in [0.1, 0.15) is 76.2 Å². The Labute approximate surface area is 131 Å². The summed E-state index contributed by atoms with van der Waals surface area (Å²) in [6.45, 7) is 1.26. The second-order valence-electron chi connectivity index (χ2n) is 6.65. The second kappa shape index (κ2) is 10.8. The number of hydrogen-bond acceptors (Lipinski definition) is 1. The Morgan fingerprint density at radius 1 is 0.810 bits per heavy atom. The van der Waals surface area contributed by atoms with E-state index < -0.39 is 0 Å². The van der Waals surface area contributed by atoms with Crippen LogP contribution in [0.25, 0.3) is 0 Å². The zero-order chi connectivity index (χ0) is 14.6. The molecule has 2 rings (SSSR count). The summed E-state index contributed by atoms with van der Waals surface area (Å²) < 4.78 is 0. The van der Waals surface area contributed by atoms with E-state index in [1.807, 2.05) is 0 Å². The maximum atomic E-state index is 3.65. The number of hydrogen-bond donors (Lipinski definition) is 1. The molecule has 1 aromatic rings. The third kappa shape index (κ3) is 7.66. The monoisotopic (exact) mass is 287 g/mol. The maximum absolute atomic E-state index is 3.65. The van der Waals surface area contributed by atoms with Crippen molar-refractivity contribution in [3.8, 4) is 0 Å². The van der Waals surface area contributed by atoms with Crippen molar-refractivity contribution in [1.29, 1.82) is 0 Å². The van der Waals surface area contributed by atoms with Gasteiger partial charge in [0.25, 0.3) is 0 Å². The average molecular weight is 287 g/mol. The Morgan fingerprint density at radius 2 is 1.52 bits per heavy atom. The molecule has 0 aromatic heterocycles. The van der Waals surface area contributed by atoms with Crippen LogP contribution < -0.4 is 5.32 Å². The summed E-state index contributed by atoms with van der Waals surface area (Å²) in [6, 6.07) is 11.7. The van der Waals surface area contributed by atoms with Crippen LogP contribution in [0.3, 0.4) is 0 Å². The van der Waals surface area contributed by atoms with Crippen LogP contribution in [-0.4, -0.2) is 12.6 Å². The van der Waals surface area contributed by atoms with Crippen molar-refractivity contribution in [3.05, 3.63) is 35.9 Å². The molecule has 1 unspecified atom stereocenters. The third-order valence-corrected chi connectivity index (χ3v) is 4.77. The van der Waals surface area contributed by atoms with E-state index in [2.05, 4.69) is 35.6 Å². The van der Waals surface area contributed by atoms with Gasteiger partial charge in [0, 0.05) is 6.04 Å². The van der Waals surface area contributed by atoms with E-state index in [1.165, 1.54) is 89.2 Å². The van der Waals surface area contributed by atoms with E-state index in [0.29, 0.717) is 0 Å². The van der Waals surface area contributed by atoms with Crippen molar-refractivity contribution in [2.45, 2.75) is 83.1 Å². The highest BCUT2D eigenvalue weighted by molar-refractivity contribution is 5.14. The summed E-state index contributed by atoms with van der Waals surface area (Å²) in [5, 5.41) is 3.65. The molecule has 1 heterocycles. The van der Waals surface area contributed by atoms with Crippen LogP contribution in [-0.2, 0) is 6.42 Å². The first kappa shape index (κ1) is 16.5. The molecule has 21 heavy (non-hydrogen) atoms.